The quantitative estimate of drug-likeness (QED) is 0.793. The van der Waals surface area contributed by atoms with Gasteiger partial charge in [0.25, 0.3) is 0 Å². The zero-order valence-corrected chi connectivity index (χ0v) is 15.4. The second-order valence-corrected chi connectivity index (χ2v) is 8.32. The molecule has 24 heavy (non-hydrogen) atoms. The number of fused-ring (bicyclic) bond motifs is 3. The van der Waals surface area contributed by atoms with E-state index in [0.717, 1.165) is 22.6 Å². The van der Waals surface area contributed by atoms with Crippen LogP contribution in [0.4, 0.5) is 0 Å². The van der Waals surface area contributed by atoms with E-state index < -0.39 is 5.72 Å². The van der Waals surface area contributed by atoms with Crippen molar-refractivity contribution < 1.29 is 9.84 Å². The maximum Gasteiger partial charge on any atom is 0.196 e. The number of aliphatic hydroxyl groups is 1. The van der Waals surface area contributed by atoms with Gasteiger partial charge in [-0.25, -0.2) is 4.99 Å². The van der Waals surface area contributed by atoms with Crippen LogP contribution in [0.2, 0.25) is 15.1 Å². The third-order valence-corrected chi connectivity index (χ3v) is 6.02. The van der Waals surface area contributed by atoms with Crippen molar-refractivity contribution in [3.63, 3.8) is 0 Å². The lowest BCUT2D eigenvalue weighted by atomic mass is 10.1. The minimum Gasteiger partial charge on any atom is -0.487 e. The first-order chi connectivity index (χ1) is 11.4. The van der Waals surface area contributed by atoms with Gasteiger partial charge in [0.2, 0.25) is 0 Å². The summed E-state index contributed by atoms with van der Waals surface area (Å²) in [5.41, 5.74) is 0.674. The topological polar surface area (TPSA) is 41.8 Å². The normalized spacial score (nSPS) is 24.5. The number of hydrogen-bond acceptors (Lipinski definition) is 4. The average molecular weight is 401 g/mol. The molecule has 1 N–H and O–H groups in total. The minimum absolute atomic E-state index is 0.0486. The molecule has 4 rings (SSSR count). The van der Waals surface area contributed by atoms with Crippen LogP contribution in [0.1, 0.15) is 11.1 Å². The fourth-order valence-corrected chi connectivity index (χ4v) is 5.02. The largest absolute Gasteiger partial charge is 0.487 e. The van der Waals surface area contributed by atoms with Gasteiger partial charge < -0.3 is 9.84 Å². The van der Waals surface area contributed by atoms with Crippen molar-refractivity contribution in [3.8, 4) is 5.75 Å². The first-order valence-corrected chi connectivity index (χ1v) is 9.31. The van der Waals surface area contributed by atoms with Crippen LogP contribution in [-0.4, -0.2) is 22.0 Å². The molecule has 1 aliphatic carbocycles. The van der Waals surface area contributed by atoms with Gasteiger partial charge in [0.1, 0.15) is 17.4 Å². The SMILES string of the molecule is OC12N=C(COc3cc(Cl)cc(Cl)c3)SC1Cc1cc(Cl)ccc12. The summed E-state index contributed by atoms with van der Waals surface area (Å²) in [7, 11) is 0. The Morgan fingerprint density at radius 2 is 1.88 bits per heavy atom. The smallest absolute Gasteiger partial charge is 0.196 e. The van der Waals surface area contributed by atoms with Gasteiger partial charge in [-0.3, -0.25) is 0 Å². The zero-order valence-electron chi connectivity index (χ0n) is 12.3. The highest BCUT2D eigenvalue weighted by Crippen LogP contribution is 2.49. The van der Waals surface area contributed by atoms with Crippen molar-refractivity contribution in [1.29, 1.82) is 0 Å². The minimum atomic E-state index is -1.20. The molecule has 0 saturated heterocycles. The average Bonchev–Trinajstić information content (AvgIpc) is 2.93. The summed E-state index contributed by atoms with van der Waals surface area (Å²) in [5, 5.41) is 13.4. The molecule has 2 aliphatic rings. The van der Waals surface area contributed by atoms with Crippen LogP contribution in [-0.2, 0) is 12.1 Å². The van der Waals surface area contributed by atoms with Crippen molar-refractivity contribution in [3.05, 3.63) is 62.6 Å². The molecular formula is C17H12Cl3NO2S. The third kappa shape index (κ3) is 2.91. The fraction of sp³-hybridized carbons (Fsp3) is 0.235. The Morgan fingerprint density at radius 3 is 2.62 bits per heavy atom. The summed E-state index contributed by atoms with van der Waals surface area (Å²) in [5.74, 6) is 0.576. The molecule has 2 aromatic rings. The summed E-state index contributed by atoms with van der Waals surface area (Å²) in [6.07, 6.45) is 0.729. The molecule has 0 aromatic heterocycles. The highest BCUT2D eigenvalue weighted by atomic mass is 35.5. The van der Waals surface area contributed by atoms with E-state index in [1.54, 1.807) is 24.3 Å². The Kier molecular flexibility index (Phi) is 4.22. The molecule has 1 aliphatic heterocycles. The lowest BCUT2D eigenvalue weighted by Gasteiger charge is -2.19. The van der Waals surface area contributed by atoms with E-state index in [2.05, 4.69) is 4.99 Å². The molecular weight excluding hydrogens is 389 g/mol. The summed E-state index contributed by atoms with van der Waals surface area (Å²) in [6.45, 7) is 0.267. The maximum atomic E-state index is 11.0. The van der Waals surface area contributed by atoms with E-state index in [0.29, 0.717) is 20.8 Å². The lowest BCUT2D eigenvalue weighted by molar-refractivity contribution is 0.0577. The molecule has 2 aromatic carbocycles. The van der Waals surface area contributed by atoms with E-state index in [4.69, 9.17) is 39.5 Å². The Balaban J connectivity index is 1.54. The predicted molar refractivity (Wildman–Crippen MR) is 99.8 cm³/mol. The molecule has 0 bridgehead atoms. The van der Waals surface area contributed by atoms with Crippen LogP contribution in [0.5, 0.6) is 5.75 Å². The van der Waals surface area contributed by atoms with Gasteiger partial charge in [0.15, 0.2) is 5.72 Å². The van der Waals surface area contributed by atoms with Gasteiger partial charge in [-0.05, 0) is 42.3 Å². The van der Waals surface area contributed by atoms with Gasteiger partial charge in [-0.15, -0.1) is 0 Å². The molecule has 7 heteroatoms. The van der Waals surface area contributed by atoms with Crippen molar-refractivity contribution in [2.45, 2.75) is 17.4 Å². The number of hydrogen-bond donors (Lipinski definition) is 1. The summed E-state index contributed by atoms with van der Waals surface area (Å²) in [6, 6.07) is 10.6. The molecule has 1 heterocycles. The van der Waals surface area contributed by atoms with E-state index in [-0.39, 0.29) is 11.9 Å². The number of ether oxygens (including phenoxy) is 1. The molecule has 3 nitrogen and oxygen atoms in total. The fourth-order valence-electron chi connectivity index (χ4n) is 3.07. The van der Waals surface area contributed by atoms with Gasteiger partial charge >= 0.3 is 0 Å². The van der Waals surface area contributed by atoms with Crippen molar-refractivity contribution in [1.82, 2.24) is 0 Å². The Bertz CT molecular complexity index is 837. The highest BCUT2D eigenvalue weighted by molar-refractivity contribution is 8.14. The third-order valence-electron chi connectivity index (χ3n) is 4.09. The molecule has 124 valence electrons. The van der Waals surface area contributed by atoms with E-state index in [1.165, 1.54) is 11.8 Å². The van der Waals surface area contributed by atoms with Crippen LogP contribution in [0, 0.1) is 0 Å². The van der Waals surface area contributed by atoms with Gasteiger partial charge in [0, 0.05) is 20.6 Å². The number of benzene rings is 2. The second-order valence-electron chi connectivity index (χ2n) is 5.74. The van der Waals surface area contributed by atoms with Crippen LogP contribution in [0.15, 0.2) is 41.4 Å². The zero-order chi connectivity index (χ0) is 16.9. The van der Waals surface area contributed by atoms with Crippen LogP contribution in [0.25, 0.3) is 0 Å². The molecule has 0 saturated carbocycles. The van der Waals surface area contributed by atoms with Crippen LogP contribution < -0.4 is 4.74 Å². The molecule has 0 spiro atoms. The molecule has 0 radical (unpaired) electrons. The number of aliphatic imine (C=N–C) groups is 1. The van der Waals surface area contributed by atoms with Crippen molar-refractivity contribution >= 4 is 51.6 Å². The van der Waals surface area contributed by atoms with Gasteiger partial charge in [0.05, 0.1) is 5.25 Å². The summed E-state index contributed by atoms with van der Waals surface area (Å²) in [4.78, 5) is 4.51. The number of halogens is 3. The Morgan fingerprint density at radius 1 is 1.12 bits per heavy atom. The molecule has 2 atom stereocenters. The lowest BCUT2D eigenvalue weighted by Crippen LogP contribution is -2.27. The summed E-state index contributed by atoms with van der Waals surface area (Å²) < 4.78 is 5.72. The first kappa shape index (κ1) is 16.6. The van der Waals surface area contributed by atoms with Gasteiger partial charge in [-0.2, -0.15) is 0 Å². The van der Waals surface area contributed by atoms with E-state index in [1.807, 2.05) is 12.1 Å². The number of nitrogens with zero attached hydrogens (tertiary/aromatic N) is 1. The van der Waals surface area contributed by atoms with Crippen molar-refractivity contribution in [2.24, 2.45) is 4.99 Å². The van der Waals surface area contributed by atoms with Crippen LogP contribution >= 0.6 is 46.6 Å². The van der Waals surface area contributed by atoms with Gasteiger partial charge in [-0.1, -0.05) is 52.6 Å². The van der Waals surface area contributed by atoms with E-state index >= 15 is 0 Å². The summed E-state index contributed by atoms with van der Waals surface area (Å²) >= 11 is 19.5. The second kappa shape index (κ2) is 6.11. The van der Waals surface area contributed by atoms with Crippen LogP contribution in [0.3, 0.4) is 0 Å². The standard InChI is InChI=1S/C17H12Cl3NO2S/c18-10-1-2-14-9(3-10)4-15-17(14,22)21-16(24-15)8-23-13-6-11(19)5-12(20)7-13/h1-3,5-7,15,22H,4,8H2. The highest BCUT2D eigenvalue weighted by Gasteiger charge is 2.50. The Hall–Kier alpha value is -0.910. The monoisotopic (exact) mass is 399 g/mol. The Labute approximate surface area is 158 Å². The molecule has 0 fully saturated rings. The van der Waals surface area contributed by atoms with Crippen molar-refractivity contribution in [2.75, 3.05) is 6.61 Å². The first-order valence-electron chi connectivity index (χ1n) is 7.29. The number of thioether (sulfide) groups is 1. The predicted octanol–water partition coefficient (Wildman–Crippen LogP) is 4.94. The number of rotatable bonds is 3. The molecule has 0 amide bonds. The van der Waals surface area contributed by atoms with E-state index in [9.17, 15) is 5.11 Å². The maximum absolute atomic E-state index is 11.0. The molecule has 2 unspecified atom stereocenters.